The maximum atomic E-state index is 13.3. The second-order valence-electron chi connectivity index (χ2n) is 7.08. The van der Waals surface area contributed by atoms with Crippen LogP contribution < -0.4 is 16.8 Å². The van der Waals surface area contributed by atoms with Crippen molar-refractivity contribution in [3.05, 3.63) is 84.8 Å². The summed E-state index contributed by atoms with van der Waals surface area (Å²) in [6.45, 7) is 2.01. The molecule has 0 aliphatic rings. The third-order valence-electron chi connectivity index (χ3n) is 5.21. The monoisotopic (exact) mass is 407 g/mol. The summed E-state index contributed by atoms with van der Waals surface area (Å²) in [5.74, 6) is -0.255. The fourth-order valence-electron chi connectivity index (χ4n) is 3.57. The molecule has 0 amide bonds. The molecule has 0 fully saturated rings. The Morgan fingerprint density at radius 1 is 1.03 bits per heavy atom. The molecule has 9 heteroatoms. The number of aromatic nitrogens is 5. The first-order valence-corrected chi connectivity index (χ1v) is 9.44. The molecule has 0 spiro atoms. The van der Waals surface area contributed by atoms with E-state index >= 15 is 0 Å². The van der Waals surface area contributed by atoms with Crippen molar-refractivity contribution in [2.24, 2.45) is 14.1 Å². The fourth-order valence-corrected chi connectivity index (χ4v) is 3.57. The topological polar surface area (TPSA) is 104 Å². The summed E-state index contributed by atoms with van der Waals surface area (Å²) in [4.78, 5) is 42.9. The summed E-state index contributed by atoms with van der Waals surface area (Å²) in [7, 11) is 2.86. The van der Waals surface area contributed by atoms with Gasteiger partial charge in [0.25, 0.3) is 11.1 Å². The van der Waals surface area contributed by atoms with Crippen molar-refractivity contribution in [2.45, 2.75) is 19.9 Å². The molecule has 0 unspecified atom stereocenters. The Morgan fingerprint density at radius 3 is 2.40 bits per heavy atom. The smallest absolute Gasteiger partial charge is 0.332 e. The van der Waals surface area contributed by atoms with Crippen LogP contribution in [0.2, 0.25) is 0 Å². The minimum absolute atomic E-state index is 0.0376. The molecule has 3 aromatic heterocycles. The highest BCUT2D eigenvalue weighted by Crippen LogP contribution is 2.22. The summed E-state index contributed by atoms with van der Waals surface area (Å²) in [5, 5.41) is 11.0. The van der Waals surface area contributed by atoms with Gasteiger partial charge >= 0.3 is 5.69 Å². The highest BCUT2D eigenvalue weighted by molar-refractivity contribution is 5.76. The van der Waals surface area contributed by atoms with Gasteiger partial charge in [-0.2, -0.15) is 4.98 Å². The summed E-state index contributed by atoms with van der Waals surface area (Å²) >= 11 is 0. The van der Waals surface area contributed by atoms with Crippen molar-refractivity contribution in [2.75, 3.05) is 0 Å². The molecule has 0 bridgehead atoms. The van der Waals surface area contributed by atoms with Gasteiger partial charge in [-0.15, -0.1) is 0 Å². The van der Waals surface area contributed by atoms with Gasteiger partial charge in [0, 0.05) is 20.5 Å². The van der Waals surface area contributed by atoms with Gasteiger partial charge in [-0.1, -0.05) is 42.5 Å². The van der Waals surface area contributed by atoms with Crippen LogP contribution >= 0.6 is 0 Å². The first-order valence-electron chi connectivity index (χ1n) is 9.44. The number of hydrogen-bond acceptors (Lipinski definition) is 5. The van der Waals surface area contributed by atoms with Crippen LogP contribution in [-0.4, -0.2) is 28.2 Å². The van der Waals surface area contributed by atoms with Crippen molar-refractivity contribution in [1.82, 2.24) is 23.1 Å². The van der Waals surface area contributed by atoms with Crippen LogP contribution in [0.15, 0.2) is 56.9 Å². The number of imidazole rings is 1. The summed E-state index contributed by atoms with van der Waals surface area (Å²) in [5.41, 5.74) is -0.401. The Morgan fingerprint density at radius 2 is 1.73 bits per heavy atom. The van der Waals surface area contributed by atoms with E-state index in [2.05, 4.69) is 4.98 Å². The van der Waals surface area contributed by atoms with E-state index in [1.54, 1.807) is 12.2 Å². The lowest BCUT2D eigenvalue weighted by atomic mass is 10.2. The SMILES string of the molecule is CC=CCc1c(O)n2c3c(=O)n(C)c(=O)n(C)c3nc2n(Cc2ccccc2)c1=O. The Labute approximate surface area is 170 Å². The minimum atomic E-state index is -0.599. The lowest BCUT2D eigenvalue weighted by molar-refractivity contribution is 0.436. The second-order valence-corrected chi connectivity index (χ2v) is 7.08. The molecular weight excluding hydrogens is 386 g/mol. The molecule has 0 aliphatic heterocycles. The van der Waals surface area contributed by atoms with E-state index in [4.69, 9.17) is 0 Å². The molecule has 0 radical (unpaired) electrons. The Balaban J connectivity index is 2.20. The highest BCUT2D eigenvalue weighted by atomic mass is 16.3. The van der Waals surface area contributed by atoms with Crippen LogP contribution in [0.4, 0.5) is 0 Å². The van der Waals surface area contributed by atoms with Gasteiger partial charge in [0.2, 0.25) is 11.7 Å². The number of benzene rings is 1. The van der Waals surface area contributed by atoms with Crippen molar-refractivity contribution in [3.8, 4) is 5.88 Å². The first kappa shape index (κ1) is 19.4. The van der Waals surface area contributed by atoms with E-state index in [1.807, 2.05) is 37.3 Å². The van der Waals surface area contributed by atoms with Crippen molar-refractivity contribution >= 4 is 16.9 Å². The number of rotatable bonds is 4. The molecule has 9 nitrogen and oxygen atoms in total. The zero-order valence-corrected chi connectivity index (χ0v) is 16.9. The van der Waals surface area contributed by atoms with Crippen LogP contribution in [0.3, 0.4) is 0 Å². The van der Waals surface area contributed by atoms with Crippen molar-refractivity contribution < 1.29 is 5.11 Å². The molecule has 154 valence electrons. The number of hydrogen-bond donors (Lipinski definition) is 1. The van der Waals surface area contributed by atoms with E-state index < -0.39 is 16.8 Å². The minimum Gasteiger partial charge on any atom is -0.494 e. The third-order valence-corrected chi connectivity index (χ3v) is 5.21. The summed E-state index contributed by atoms with van der Waals surface area (Å²) in [6.07, 6.45) is 3.72. The fraction of sp³-hybridized carbons (Fsp3) is 0.238. The zero-order valence-electron chi connectivity index (χ0n) is 16.9. The standard InChI is InChI=1S/C21H21N5O4/c1-4-5-11-14-17(27)25(12-13-9-7-6-8-10-13)20-22-16-15(26(20)18(14)28)19(29)24(3)21(30)23(16)2/h4-10,28H,11-12H2,1-3H3. The van der Waals surface area contributed by atoms with E-state index in [0.29, 0.717) is 0 Å². The molecule has 0 aliphatic carbocycles. The van der Waals surface area contributed by atoms with E-state index in [-0.39, 0.29) is 41.4 Å². The molecule has 3 heterocycles. The van der Waals surface area contributed by atoms with E-state index in [0.717, 1.165) is 10.1 Å². The molecule has 1 aromatic carbocycles. The maximum absolute atomic E-state index is 13.3. The van der Waals surface area contributed by atoms with Crippen LogP contribution in [0, 0.1) is 0 Å². The predicted octanol–water partition coefficient (Wildman–Crippen LogP) is 0.919. The second kappa shape index (κ2) is 7.18. The number of nitrogens with zero attached hydrogens (tertiary/aromatic N) is 5. The first-order chi connectivity index (χ1) is 14.4. The van der Waals surface area contributed by atoms with Gasteiger partial charge in [0.05, 0.1) is 12.1 Å². The number of aromatic hydroxyl groups is 1. The molecular formula is C21H21N5O4. The number of aryl methyl sites for hydroxylation is 1. The van der Waals surface area contributed by atoms with Crippen molar-refractivity contribution in [3.63, 3.8) is 0 Å². The van der Waals surface area contributed by atoms with Crippen LogP contribution in [-0.2, 0) is 27.1 Å². The van der Waals surface area contributed by atoms with Crippen LogP contribution in [0.25, 0.3) is 16.9 Å². The Bertz CT molecular complexity index is 1490. The molecule has 4 rings (SSSR count). The van der Waals surface area contributed by atoms with Crippen molar-refractivity contribution in [1.29, 1.82) is 0 Å². The van der Waals surface area contributed by atoms with E-state index in [9.17, 15) is 19.5 Å². The average molecular weight is 407 g/mol. The van der Waals surface area contributed by atoms with Gasteiger partial charge in [0.1, 0.15) is 0 Å². The zero-order chi connectivity index (χ0) is 21.6. The predicted molar refractivity (Wildman–Crippen MR) is 113 cm³/mol. The molecule has 0 saturated carbocycles. The average Bonchev–Trinajstić information content (AvgIpc) is 3.15. The highest BCUT2D eigenvalue weighted by Gasteiger charge is 2.23. The van der Waals surface area contributed by atoms with Crippen LogP contribution in [0.1, 0.15) is 18.1 Å². The Hall–Kier alpha value is -3.88. The Kier molecular flexibility index (Phi) is 4.65. The third kappa shape index (κ3) is 2.78. The number of allylic oxidation sites excluding steroid dienone is 2. The normalized spacial score (nSPS) is 11.8. The van der Waals surface area contributed by atoms with E-state index in [1.165, 1.54) is 27.6 Å². The van der Waals surface area contributed by atoms with Gasteiger partial charge in [-0.3, -0.25) is 23.3 Å². The molecule has 0 saturated heterocycles. The summed E-state index contributed by atoms with van der Waals surface area (Å²) in [6, 6.07) is 9.34. The van der Waals surface area contributed by atoms with Gasteiger partial charge in [-0.05, 0) is 12.5 Å². The van der Waals surface area contributed by atoms with Gasteiger partial charge < -0.3 is 5.11 Å². The molecule has 4 aromatic rings. The summed E-state index contributed by atoms with van der Waals surface area (Å²) < 4.78 is 4.86. The largest absolute Gasteiger partial charge is 0.494 e. The molecule has 0 atom stereocenters. The number of fused-ring (bicyclic) bond motifs is 3. The van der Waals surface area contributed by atoms with Gasteiger partial charge in [-0.25, -0.2) is 9.20 Å². The quantitative estimate of drug-likeness (QED) is 0.507. The lowest BCUT2D eigenvalue weighted by Gasteiger charge is -2.12. The molecule has 30 heavy (non-hydrogen) atoms. The molecule has 1 N–H and O–H groups in total. The lowest BCUT2D eigenvalue weighted by Crippen LogP contribution is -2.37. The van der Waals surface area contributed by atoms with Crippen LogP contribution in [0.5, 0.6) is 5.88 Å². The van der Waals surface area contributed by atoms with Gasteiger partial charge in [0.15, 0.2) is 11.2 Å². The maximum Gasteiger partial charge on any atom is 0.332 e.